The monoisotopic (exact) mass is 280 g/mol. The Morgan fingerprint density at radius 2 is 1.45 bits per heavy atom. The van der Waals surface area contributed by atoms with Crippen molar-refractivity contribution in [1.82, 2.24) is 0 Å². The van der Waals surface area contributed by atoms with Crippen LogP contribution in [0.25, 0.3) is 38.4 Å². The van der Waals surface area contributed by atoms with Gasteiger partial charge in [-0.1, -0.05) is 72.8 Å². The molecule has 5 rings (SSSR count). The first-order chi connectivity index (χ1) is 10.9. The SMILES string of the molecule is C1=Cc2c(ccc3ccc4c5ccccc5ccc4c23)CC1. The lowest BCUT2D eigenvalue weighted by Gasteiger charge is -2.16. The van der Waals surface area contributed by atoms with Crippen LogP contribution in [-0.4, -0.2) is 0 Å². The standard InChI is InChI=1S/C22H16/c1-3-7-18-15(5-1)11-14-21-20(18)13-12-17-10-9-16-6-2-4-8-19(16)22(17)21/h1,3-5,7-14H,2,6H2. The van der Waals surface area contributed by atoms with E-state index in [-0.39, 0.29) is 0 Å². The van der Waals surface area contributed by atoms with Crippen molar-refractivity contribution >= 4 is 38.4 Å². The van der Waals surface area contributed by atoms with Gasteiger partial charge in [0, 0.05) is 0 Å². The van der Waals surface area contributed by atoms with Crippen LogP contribution in [0, 0.1) is 0 Å². The highest BCUT2D eigenvalue weighted by Gasteiger charge is 2.12. The molecule has 0 fully saturated rings. The minimum atomic E-state index is 1.16. The van der Waals surface area contributed by atoms with E-state index in [4.69, 9.17) is 0 Å². The van der Waals surface area contributed by atoms with Gasteiger partial charge >= 0.3 is 0 Å². The van der Waals surface area contributed by atoms with Crippen LogP contribution >= 0.6 is 0 Å². The van der Waals surface area contributed by atoms with Gasteiger partial charge < -0.3 is 0 Å². The lowest BCUT2D eigenvalue weighted by molar-refractivity contribution is 0.990. The second-order valence-corrected chi connectivity index (χ2v) is 6.12. The van der Waals surface area contributed by atoms with Gasteiger partial charge in [-0.05, 0) is 56.3 Å². The van der Waals surface area contributed by atoms with Crippen molar-refractivity contribution in [3.63, 3.8) is 0 Å². The third kappa shape index (κ3) is 1.58. The van der Waals surface area contributed by atoms with Crippen molar-refractivity contribution in [3.05, 3.63) is 77.9 Å². The molecule has 0 heterocycles. The third-order valence-electron chi connectivity index (χ3n) is 4.90. The molecular weight excluding hydrogens is 264 g/mol. The van der Waals surface area contributed by atoms with Crippen LogP contribution < -0.4 is 0 Å². The van der Waals surface area contributed by atoms with E-state index in [1.165, 1.54) is 43.4 Å². The lowest BCUT2D eigenvalue weighted by atomic mass is 9.88. The zero-order valence-corrected chi connectivity index (χ0v) is 12.3. The van der Waals surface area contributed by atoms with Crippen molar-refractivity contribution in [2.24, 2.45) is 0 Å². The largest absolute Gasteiger partial charge is 0.0836 e. The van der Waals surface area contributed by atoms with Crippen LogP contribution in [0.5, 0.6) is 0 Å². The van der Waals surface area contributed by atoms with Gasteiger partial charge in [0.1, 0.15) is 0 Å². The molecule has 0 saturated heterocycles. The van der Waals surface area contributed by atoms with Crippen molar-refractivity contribution in [1.29, 1.82) is 0 Å². The molecule has 0 nitrogen and oxygen atoms in total. The molecule has 0 bridgehead atoms. The van der Waals surface area contributed by atoms with E-state index in [1.807, 2.05) is 0 Å². The number of benzene rings is 4. The summed E-state index contributed by atoms with van der Waals surface area (Å²) in [5.74, 6) is 0. The summed E-state index contributed by atoms with van der Waals surface area (Å²) in [6.45, 7) is 0. The Bertz CT molecular complexity index is 1070. The Kier molecular flexibility index (Phi) is 2.42. The van der Waals surface area contributed by atoms with Crippen LogP contribution in [0.15, 0.2) is 66.7 Å². The van der Waals surface area contributed by atoms with E-state index in [2.05, 4.69) is 72.8 Å². The predicted octanol–water partition coefficient (Wildman–Crippen LogP) is 6.11. The molecule has 0 spiro atoms. The highest BCUT2D eigenvalue weighted by molar-refractivity contribution is 6.19. The van der Waals surface area contributed by atoms with Crippen molar-refractivity contribution in [2.45, 2.75) is 12.8 Å². The molecule has 0 N–H and O–H groups in total. The molecule has 0 aromatic heterocycles. The molecule has 1 aliphatic carbocycles. The Balaban J connectivity index is 2.04. The number of hydrogen-bond donors (Lipinski definition) is 0. The van der Waals surface area contributed by atoms with E-state index >= 15 is 0 Å². The molecule has 0 radical (unpaired) electrons. The predicted molar refractivity (Wildman–Crippen MR) is 96.3 cm³/mol. The van der Waals surface area contributed by atoms with Crippen molar-refractivity contribution in [3.8, 4) is 0 Å². The number of aryl methyl sites for hydroxylation is 1. The summed E-state index contributed by atoms with van der Waals surface area (Å²) < 4.78 is 0. The van der Waals surface area contributed by atoms with Crippen LogP contribution in [0.3, 0.4) is 0 Å². The zero-order chi connectivity index (χ0) is 14.5. The first kappa shape index (κ1) is 12.0. The minimum absolute atomic E-state index is 1.16. The second kappa shape index (κ2) is 4.45. The minimum Gasteiger partial charge on any atom is -0.0836 e. The smallest absolute Gasteiger partial charge is 0.00300 e. The summed E-state index contributed by atoms with van der Waals surface area (Å²) in [7, 11) is 0. The fourth-order valence-corrected chi connectivity index (χ4v) is 3.83. The molecule has 4 aromatic carbocycles. The molecule has 104 valence electrons. The van der Waals surface area contributed by atoms with E-state index in [0.717, 1.165) is 12.8 Å². The van der Waals surface area contributed by atoms with Crippen LogP contribution in [0.2, 0.25) is 0 Å². The van der Waals surface area contributed by atoms with Gasteiger partial charge in [-0.15, -0.1) is 0 Å². The van der Waals surface area contributed by atoms with E-state index < -0.39 is 0 Å². The summed E-state index contributed by atoms with van der Waals surface area (Å²) in [6.07, 6.45) is 6.94. The molecule has 0 heteroatoms. The third-order valence-corrected chi connectivity index (χ3v) is 4.90. The topological polar surface area (TPSA) is 0 Å². The fraction of sp³-hybridized carbons (Fsp3) is 0.0909. The maximum Gasteiger partial charge on any atom is -0.00300 e. The van der Waals surface area contributed by atoms with E-state index in [1.54, 1.807) is 0 Å². The van der Waals surface area contributed by atoms with Gasteiger partial charge in [0.2, 0.25) is 0 Å². The van der Waals surface area contributed by atoms with Gasteiger partial charge in [0.05, 0.1) is 0 Å². The average molecular weight is 280 g/mol. The molecule has 0 aliphatic heterocycles. The molecule has 1 aliphatic rings. The molecule has 0 unspecified atom stereocenters. The lowest BCUT2D eigenvalue weighted by Crippen LogP contribution is -1.95. The van der Waals surface area contributed by atoms with Gasteiger partial charge in [0.15, 0.2) is 0 Å². The normalized spacial score (nSPS) is 13.8. The fourth-order valence-electron chi connectivity index (χ4n) is 3.83. The Labute approximate surface area is 129 Å². The van der Waals surface area contributed by atoms with Crippen molar-refractivity contribution in [2.75, 3.05) is 0 Å². The molecular formula is C22H16. The van der Waals surface area contributed by atoms with Crippen LogP contribution in [0.4, 0.5) is 0 Å². The molecule has 0 saturated carbocycles. The number of allylic oxidation sites excluding steroid dienone is 1. The van der Waals surface area contributed by atoms with Crippen LogP contribution in [-0.2, 0) is 6.42 Å². The summed E-state index contributed by atoms with van der Waals surface area (Å²) in [5, 5.41) is 8.15. The Hall–Kier alpha value is -2.60. The van der Waals surface area contributed by atoms with Gasteiger partial charge in [-0.2, -0.15) is 0 Å². The molecule has 4 aromatic rings. The van der Waals surface area contributed by atoms with Gasteiger partial charge in [0.25, 0.3) is 0 Å². The summed E-state index contributed by atoms with van der Waals surface area (Å²) >= 11 is 0. The average Bonchev–Trinajstić information content (AvgIpc) is 2.60. The maximum atomic E-state index is 2.32. The second-order valence-electron chi connectivity index (χ2n) is 6.12. The number of rotatable bonds is 0. The van der Waals surface area contributed by atoms with Crippen molar-refractivity contribution < 1.29 is 0 Å². The molecule has 0 atom stereocenters. The molecule has 0 amide bonds. The zero-order valence-electron chi connectivity index (χ0n) is 12.3. The number of hydrogen-bond acceptors (Lipinski definition) is 0. The Morgan fingerprint density at radius 1 is 0.636 bits per heavy atom. The maximum absolute atomic E-state index is 2.32. The van der Waals surface area contributed by atoms with E-state index in [9.17, 15) is 0 Å². The highest BCUT2D eigenvalue weighted by Crippen LogP contribution is 2.36. The first-order valence-electron chi connectivity index (χ1n) is 7.94. The Morgan fingerprint density at radius 3 is 2.45 bits per heavy atom. The highest BCUT2D eigenvalue weighted by atomic mass is 14.2. The summed E-state index contributed by atoms with van der Waals surface area (Å²) in [6, 6.07) is 22.3. The number of fused-ring (bicyclic) bond motifs is 7. The quantitative estimate of drug-likeness (QED) is 0.341. The van der Waals surface area contributed by atoms with Crippen LogP contribution in [0.1, 0.15) is 17.5 Å². The van der Waals surface area contributed by atoms with E-state index in [0.29, 0.717) is 0 Å². The summed E-state index contributed by atoms with van der Waals surface area (Å²) in [4.78, 5) is 0. The first-order valence-corrected chi connectivity index (χ1v) is 7.94. The van der Waals surface area contributed by atoms with Gasteiger partial charge in [-0.3, -0.25) is 0 Å². The van der Waals surface area contributed by atoms with Gasteiger partial charge in [-0.25, -0.2) is 0 Å². The summed E-state index contributed by atoms with van der Waals surface area (Å²) in [5.41, 5.74) is 2.90. The molecule has 22 heavy (non-hydrogen) atoms.